The highest BCUT2D eigenvalue weighted by molar-refractivity contribution is 5.85. The molecule has 0 aromatic heterocycles. The zero-order valence-corrected chi connectivity index (χ0v) is 15.1. The van der Waals surface area contributed by atoms with Gasteiger partial charge < -0.3 is 14.7 Å². The maximum Gasteiger partial charge on any atom is 0.302 e. The minimum absolute atomic E-state index is 0. The highest BCUT2D eigenvalue weighted by Gasteiger charge is 1.86. The van der Waals surface area contributed by atoms with Crippen LogP contribution in [-0.2, 0) is 9.53 Å². The van der Waals surface area contributed by atoms with E-state index in [2.05, 4.69) is 39.7 Å². The molecule has 0 saturated heterocycles. The molecule has 0 saturated carbocycles. The molecule has 0 amide bonds. The Morgan fingerprint density at radius 2 is 1.76 bits per heavy atom. The molecule has 0 radical (unpaired) electrons. The molecule has 0 aliphatic heterocycles. The Kier molecular flexibility index (Phi) is 36.9. The van der Waals surface area contributed by atoms with E-state index in [9.17, 15) is 4.79 Å². The monoisotopic (exact) mass is 325 g/mol. The van der Waals surface area contributed by atoms with Gasteiger partial charge in [0.25, 0.3) is 0 Å². The van der Waals surface area contributed by atoms with E-state index in [0.29, 0.717) is 6.61 Å². The Morgan fingerprint density at radius 1 is 1.24 bits per heavy atom. The number of aliphatic hydroxyl groups is 1. The molecular formula is C14H32ClN3O3. The minimum atomic E-state index is -0.211. The van der Waals surface area contributed by atoms with Crippen molar-refractivity contribution >= 4 is 24.4 Å². The van der Waals surface area contributed by atoms with Crippen LogP contribution in [0.15, 0.2) is 9.98 Å². The lowest BCUT2D eigenvalue weighted by molar-refractivity contribution is -0.140. The first kappa shape index (κ1) is 28.3. The van der Waals surface area contributed by atoms with Crippen LogP contribution in [0.4, 0.5) is 0 Å². The summed E-state index contributed by atoms with van der Waals surface area (Å²) >= 11 is 0. The number of ether oxygens (including phenoxy) is 1. The van der Waals surface area contributed by atoms with Gasteiger partial charge in [-0.1, -0.05) is 0 Å². The normalized spacial score (nSPS) is 8.00. The van der Waals surface area contributed by atoms with E-state index in [-0.39, 0.29) is 25.0 Å². The van der Waals surface area contributed by atoms with E-state index in [1.54, 1.807) is 13.8 Å². The average Bonchev–Trinajstić information content (AvgIpc) is 2.35. The fraction of sp³-hybridized carbons (Fsp3) is 0.857. The standard InChI is InChI=1S/C8H17N3.C4H8O2.C2H6O.ClH/c1-4-9-8-10-6-5-7-11(2)3;1-3-6-4(2)5;1-2-3;/h4-7H2,1-3H3;3H2,1-2H3;3H,2H2,1H3;1H. The lowest BCUT2D eigenvalue weighted by Gasteiger charge is -2.05. The van der Waals surface area contributed by atoms with Crippen molar-refractivity contribution in [3.8, 4) is 0 Å². The van der Waals surface area contributed by atoms with Crippen molar-refractivity contribution in [2.24, 2.45) is 9.98 Å². The van der Waals surface area contributed by atoms with Gasteiger partial charge in [-0.25, -0.2) is 9.98 Å². The van der Waals surface area contributed by atoms with Gasteiger partial charge in [-0.05, 0) is 47.8 Å². The SMILES string of the molecule is CCN=C=NCCCN(C)C.CCO.CCOC(C)=O.Cl. The Bertz CT molecular complexity index is 256. The smallest absolute Gasteiger partial charge is 0.302 e. The third-order valence-corrected chi connectivity index (χ3v) is 1.52. The molecule has 128 valence electrons. The van der Waals surface area contributed by atoms with Crippen molar-refractivity contribution in [2.75, 3.05) is 46.9 Å². The molecule has 0 aliphatic rings. The predicted molar refractivity (Wildman–Crippen MR) is 90.8 cm³/mol. The molecule has 0 aliphatic carbocycles. The average molecular weight is 326 g/mol. The number of nitrogens with zero attached hydrogens (tertiary/aromatic N) is 3. The van der Waals surface area contributed by atoms with Crippen LogP contribution in [-0.4, -0.2) is 68.9 Å². The largest absolute Gasteiger partial charge is 0.466 e. The van der Waals surface area contributed by atoms with Crippen LogP contribution in [0.25, 0.3) is 0 Å². The first-order valence-electron chi connectivity index (χ1n) is 6.92. The summed E-state index contributed by atoms with van der Waals surface area (Å²) in [6.45, 7) is 10.2. The molecule has 0 aromatic carbocycles. The maximum absolute atomic E-state index is 9.82. The first-order chi connectivity index (χ1) is 9.45. The van der Waals surface area contributed by atoms with E-state index in [1.807, 2.05) is 6.92 Å². The van der Waals surface area contributed by atoms with Crippen molar-refractivity contribution in [2.45, 2.75) is 34.1 Å². The Morgan fingerprint density at radius 3 is 2.05 bits per heavy atom. The fourth-order valence-corrected chi connectivity index (χ4v) is 0.840. The van der Waals surface area contributed by atoms with Crippen LogP contribution in [0, 0.1) is 0 Å². The van der Waals surface area contributed by atoms with Crippen LogP contribution in [0.2, 0.25) is 0 Å². The molecule has 21 heavy (non-hydrogen) atoms. The van der Waals surface area contributed by atoms with Gasteiger partial charge in [-0.15, -0.1) is 12.4 Å². The van der Waals surface area contributed by atoms with Gasteiger partial charge in [-0.2, -0.15) is 0 Å². The van der Waals surface area contributed by atoms with Gasteiger partial charge in [0, 0.05) is 20.1 Å². The number of hydrogen-bond donors (Lipinski definition) is 1. The zero-order valence-electron chi connectivity index (χ0n) is 14.3. The maximum atomic E-state index is 9.82. The third kappa shape index (κ3) is 54.8. The van der Waals surface area contributed by atoms with E-state index in [0.717, 1.165) is 26.1 Å². The predicted octanol–water partition coefficient (Wildman–Crippen LogP) is 2.12. The summed E-state index contributed by atoms with van der Waals surface area (Å²) < 4.78 is 4.40. The van der Waals surface area contributed by atoms with E-state index in [1.165, 1.54) is 6.92 Å². The van der Waals surface area contributed by atoms with Gasteiger partial charge in [0.1, 0.15) is 0 Å². The molecule has 7 heteroatoms. The summed E-state index contributed by atoms with van der Waals surface area (Å²) in [5, 5.41) is 7.57. The van der Waals surface area contributed by atoms with Crippen LogP contribution >= 0.6 is 12.4 Å². The number of carbonyl (C=O) groups excluding carboxylic acids is 1. The zero-order chi connectivity index (χ0) is 16.2. The second-order valence-electron chi connectivity index (χ2n) is 3.85. The highest BCUT2D eigenvalue weighted by atomic mass is 35.5. The number of carbonyl (C=O) groups is 1. The summed E-state index contributed by atoms with van der Waals surface area (Å²) in [7, 11) is 4.12. The molecule has 0 bridgehead atoms. The summed E-state index contributed by atoms with van der Waals surface area (Å²) in [4.78, 5) is 19.8. The number of aliphatic hydroxyl groups excluding tert-OH is 1. The van der Waals surface area contributed by atoms with Gasteiger partial charge in [0.15, 0.2) is 0 Å². The molecule has 0 rings (SSSR count). The summed E-state index contributed by atoms with van der Waals surface area (Å²) in [5.74, 6) is -0.211. The van der Waals surface area contributed by atoms with Crippen LogP contribution in [0.5, 0.6) is 0 Å². The molecule has 0 fully saturated rings. The summed E-state index contributed by atoms with van der Waals surface area (Å²) in [6, 6.07) is 2.64. The van der Waals surface area contributed by atoms with Gasteiger partial charge in [0.2, 0.25) is 0 Å². The lowest BCUT2D eigenvalue weighted by atomic mass is 10.4. The quantitative estimate of drug-likeness (QED) is 0.461. The van der Waals surface area contributed by atoms with Crippen LogP contribution in [0.1, 0.15) is 34.1 Å². The van der Waals surface area contributed by atoms with Crippen molar-refractivity contribution in [1.29, 1.82) is 0 Å². The van der Waals surface area contributed by atoms with Gasteiger partial charge in [-0.3, -0.25) is 4.79 Å². The number of esters is 1. The van der Waals surface area contributed by atoms with Crippen molar-refractivity contribution < 1.29 is 14.6 Å². The minimum Gasteiger partial charge on any atom is -0.466 e. The Hall–Kier alpha value is -0.940. The molecular weight excluding hydrogens is 294 g/mol. The van der Waals surface area contributed by atoms with Crippen molar-refractivity contribution in [3.63, 3.8) is 0 Å². The number of halogens is 1. The Labute approximate surface area is 135 Å². The lowest BCUT2D eigenvalue weighted by Crippen LogP contribution is -2.13. The van der Waals surface area contributed by atoms with Crippen molar-refractivity contribution in [3.05, 3.63) is 0 Å². The fourth-order valence-electron chi connectivity index (χ4n) is 0.840. The van der Waals surface area contributed by atoms with Gasteiger partial charge in [0.05, 0.1) is 19.2 Å². The molecule has 0 unspecified atom stereocenters. The highest BCUT2D eigenvalue weighted by Crippen LogP contribution is 1.82. The number of hydrogen-bond acceptors (Lipinski definition) is 6. The Balaban J connectivity index is -0.000000123. The topological polar surface area (TPSA) is 74.5 Å². The summed E-state index contributed by atoms with van der Waals surface area (Å²) in [5.41, 5.74) is 0. The molecule has 1 N–H and O–H groups in total. The second kappa shape index (κ2) is 27.4. The van der Waals surface area contributed by atoms with Gasteiger partial charge >= 0.3 is 5.97 Å². The summed E-state index contributed by atoms with van der Waals surface area (Å²) in [6.07, 6.45) is 1.08. The molecule has 0 heterocycles. The van der Waals surface area contributed by atoms with E-state index in [4.69, 9.17) is 5.11 Å². The molecule has 6 nitrogen and oxygen atoms in total. The van der Waals surface area contributed by atoms with E-state index >= 15 is 0 Å². The van der Waals surface area contributed by atoms with Crippen molar-refractivity contribution in [1.82, 2.24) is 4.90 Å². The van der Waals surface area contributed by atoms with E-state index < -0.39 is 0 Å². The molecule has 0 atom stereocenters. The van der Waals surface area contributed by atoms with Crippen LogP contribution in [0.3, 0.4) is 0 Å². The van der Waals surface area contributed by atoms with Crippen LogP contribution < -0.4 is 0 Å². The first-order valence-corrected chi connectivity index (χ1v) is 6.92. The second-order valence-corrected chi connectivity index (χ2v) is 3.85. The number of rotatable bonds is 6. The molecule has 0 spiro atoms. The molecule has 0 aromatic rings. The third-order valence-electron chi connectivity index (χ3n) is 1.52. The number of aliphatic imine (C=N–C) groups is 2.